The van der Waals surface area contributed by atoms with E-state index in [9.17, 15) is 9.90 Å². The Morgan fingerprint density at radius 2 is 2.04 bits per heavy atom. The lowest BCUT2D eigenvalue weighted by molar-refractivity contribution is 0.0935. The SMILES string of the molecule is Cc1cc(-c2cnn3c2C(=O)N(c2ccc(Cl)c(Cl)c2)CC3CO)ccn1. The van der Waals surface area contributed by atoms with Gasteiger partial charge in [-0.2, -0.15) is 5.10 Å². The van der Waals surface area contributed by atoms with Gasteiger partial charge in [0, 0.05) is 23.1 Å². The lowest BCUT2D eigenvalue weighted by atomic mass is 10.0. The van der Waals surface area contributed by atoms with Crippen LogP contribution in [0.1, 0.15) is 22.2 Å². The molecule has 0 radical (unpaired) electrons. The van der Waals surface area contributed by atoms with Gasteiger partial charge in [-0.1, -0.05) is 23.2 Å². The summed E-state index contributed by atoms with van der Waals surface area (Å²) in [4.78, 5) is 19.1. The minimum atomic E-state index is -0.358. The first-order chi connectivity index (χ1) is 13.0. The average molecular weight is 403 g/mol. The maximum Gasteiger partial charge on any atom is 0.277 e. The van der Waals surface area contributed by atoms with Crippen LogP contribution in [0, 0.1) is 6.92 Å². The number of halogens is 2. The molecule has 0 saturated heterocycles. The number of benzene rings is 1. The minimum Gasteiger partial charge on any atom is -0.394 e. The van der Waals surface area contributed by atoms with Crippen molar-refractivity contribution in [3.8, 4) is 11.1 Å². The molecule has 1 aliphatic heterocycles. The van der Waals surface area contributed by atoms with E-state index < -0.39 is 0 Å². The highest BCUT2D eigenvalue weighted by Gasteiger charge is 2.35. The van der Waals surface area contributed by atoms with Crippen LogP contribution in [0.25, 0.3) is 11.1 Å². The Labute approximate surface area is 166 Å². The zero-order valence-electron chi connectivity index (χ0n) is 14.4. The van der Waals surface area contributed by atoms with Crippen LogP contribution >= 0.6 is 23.2 Å². The predicted octanol–water partition coefficient (Wildman–Crippen LogP) is 3.75. The van der Waals surface area contributed by atoms with Crippen molar-refractivity contribution in [2.75, 3.05) is 18.1 Å². The van der Waals surface area contributed by atoms with Crippen molar-refractivity contribution in [3.63, 3.8) is 0 Å². The first kappa shape index (κ1) is 18.0. The minimum absolute atomic E-state index is 0.144. The average Bonchev–Trinajstić information content (AvgIpc) is 3.10. The van der Waals surface area contributed by atoms with Crippen LogP contribution in [0.15, 0.2) is 42.7 Å². The maximum absolute atomic E-state index is 13.3. The molecule has 1 unspecified atom stereocenters. The number of pyridine rings is 1. The Morgan fingerprint density at radius 1 is 1.22 bits per heavy atom. The van der Waals surface area contributed by atoms with Gasteiger partial charge in [-0.05, 0) is 42.8 Å². The summed E-state index contributed by atoms with van der Waals surface area (Å²) in [6, 6.07) is 8.42. The zero-order valence-corrected chi connectivity index (χ0v) is 15.9. The number of carbonyl (C=O) groups excluding carboxylic acids is 1. The molecule has 1 aromatic carbocycles. The number of fused-ring (bicyclic) bond motifs is 1. The first-order valence-electron chi connectivity index (χ1n) is 8.38. The number of amides is 1. The van der Waals surface area contributed by atoms with Crippen LogP contribution in [0.3, 0.4) is 0 Å². The van der Waals surface area contributed by atoms with Crippen molar-refractivity contribution in [2.45, 2.75) is 13.0 Å². The smallest absolute Gasteiger partial charge is 0.277 e. The Morgan fingerprint density at radius 3 is 2.74 bits per heavy atom. The molecule has 8 heteroatoms. The van der Waals surface area contributed by atoms with Gasteiger partial charge in [-0.3, -0.25) is 14.5 Å². The molecule has 0 spiro atoms. The zero-order chi connectivity index (χ0) is 19.1. The number of hydrogen-bond acceptors (Lipinski definition) is 4. The number of aliphatic hydroxyl groups excluding tert-OH is 1. The number of aromatic nitrogens is 3. The Kier molecular flexibility index (Phi) is 4.63. The number of nitrogens with zero attached hydrogens (tertiary/aromatic N) is 4. The monoisotopic (exact) mass is 402 g/mol. The summed E-state index contributed by atoms with van der Waals surface area (Å²) in [5.74, 6) is -0.208. The van der Waals surface area contributed by atoms with E-state index in [2.05, 4.69) is 10.1 Å². The fourth-order valence-corrected chi connectivity index (χ4v) is 3.58. The molecule has 0 aliphatic carbocycles. The molecule has 3 aromatic rings. The van der Waals surface area contributed by atoms with Gasteiger partial charge in [0.2, 0.25) is 0 Å². The second-order valence-electron chi connectivity index (χ2n) is 6.39. The van der Waals surface area contributed by atoms with Gasteiger partial charge in [0.1, 0.15) is 5.69 Å². The molecule has 4 rings (SSSR count). The van der Waals surface area contributed by atoms with Crippen molar-refractivity contribution in [1.29, 1.82) is 0 Å². The van der Waals surface area contributed by atoms with E-state index in [4.69, 9.17) is 23.2 Å². The number of carbonyl (C=O) groups is 1. The molecule has 6 nitrogen and oxygen atoms in total. The van der Waals surface area contributed by atoms with Gasteiger partial charge < -0.3 is 10.0 Å². The summed E-state index contributed by atoms with van der Waals surface area (Å²) >= 11 is 12.1. The molecule has 0 saturated carbocycles. The lowest BCUT2D eigenvalue weighted by Gasteiger charge is -2.33. The van der Waals surface area contributed by atoms with Crippen molar-refractivity contribution in [1.82, 2.24) is 14.8 Å². The fourth-order valence-electron chi connectivity index (χ4n) is 3.29. The van der Waals surface area contributed by atoms with Crippen molar-refractivity contribution in [2.24, 2.45) is 0 Å². The Bertz CT molecular complexity index is 1030. The molecule has 1 aliphatic rings. The third kappa shape index (κ3) is 3.10. The van der Waals surface area contributed by atoms with Crippen LogP contribution in [-0.4, -0.2) is 38.9 Å². The summed E-state index contributed by atoms with van der Waals surface area (Å²) < 4.78 is 1.60. The number of rotatable bonds is 3. The summed E-state index contributed by atoms with van der Waals surface area (Å²) in [5, 5.41) is 15.0. The summed E-state index contributed by atoms with van der Waals surface area (Å²) in [6.07, 6.45) is 3.35. The number of hydrogen-bond donors (Lipinski definition) is 1. The molecule has 1 N–H and O–H groups in total. The highest BCUT2D eigenvalue weighted by molar-refractivity contribution is 6.42. The van der Waals surface area contributed by atoms with Crippen LogP contribution in [0.2, 0.25) is 10.0 Å². The van der Waals surface area contributed by atoms with Gasteiger partial charge in [0.25, 0.3) is 5.91 Å². The first-order valence-corrected chi connectivity index (χ1v) is 9.13. The Balaban J connectivity index is 1.84. The quantitative estimate of drug-likeness (QED) is 0.723. The highest BCUT2D eigenvalue weighted by Crippen LogP contribution is 2.34. The van der Waals surface area contributed by atoms with E-state index in [0.29, 0.717) is 27.0 Å². The van der Waals surface area contributed by atoms with Crippen LogP contribution < -0.4 is 4.90 Å². The standard InChI is InChI=1S/C19H16Cl2N4O2/c1-11-6-12(4-5-22-11)15-8-23-25-14(10-26)9-24(19(27)18(15)25)13-2-3-16(20)17(21)7-13/h2-8,14,26H,9-10H2,1H3. The van der Waals surface area contributed by atoms with E-state index in [0.717, 1.165) is 11.3 Å². The van der Waals surface area contributed by atoms with Gasteiger partial charge in [-0.15, -0.1) is 0 Å². The second-order valence-corrected chi connectivity index (χ2v) is 7.20. The third-order valence-electron chi connectivity index (χ3n) is 4.62. The lowest BCUT2D eigenvalue weighted by Crippen LogP contribution is -2.44. The van der Waals surface area contributed by atoms with Gasteiger partial charge >= 0.3 is 0 Å². The van der Waals surface area contributed by atoms with E-state index in [1.165, 1.54) is 0 Å². The largest absolute Gasteiger partial charge is 0.394 e. The second kappa shape index (κ2) is 6.96. The van der Waals surface area contributed by atoms with Gasteiger partial charge in [0.15, 0.2) is 0 Å². The molecule has 27 heavy (non-hydrogen) atoms. The third-order valence-corrected chi connectivity index (χ3v) is 5.35. The molecule has 3 heterocycles. The molecular formula is C19H16Cl2N4O2. The topological polar surface area (TPSA) is 71.2 Å². The maximum atomic E-state index is 13.3. The van der Waals surface area contributed by atoms with E-state index in [1.807, 2.05) is 19.1 Å². The van der Waals surface area contributed by atoms with Gasteiger partial charge in [0.05, 0.1) is 35.4 Å². The van der Waals surface area contributed by atoms with Crippen LogP contribution in [0.4, 0.5) is 5.69 Å². The van der Waals surface area contributed by atoms with Crippen molar-refractivity contribution >= 4 is 34.8 Å². The summed E-state index contributed by atoms with van der Waals surface area (Å²) in [5.41, 5.74) is 3.45. The molecule has 0 fully saturated rings. The predicted molar refractivity (Wildman–Crippen MR) is 104 cm³/mol. The highest BCUT2D eigenvalue weighted by atomic mass is 35.5. The molecule has 1 atom stereocenters. The molecule has 2 aromatic heterocycles. The molecule has 0 bridgehead atoms. The fraction of sp³-hybridized carbons (Fsp3) is 0.211. The summed E-state index contributed by atoms with van der Waals surface area (Å²) in [7, 11) is 0. The Hall–Kier alpha value is -2.41. The van der Waals surface area contributed by atoms with E-state index >= 15 is 0 Å². The van der Waals surface area contributed by atoms with Crippen LogP contribution in [-0.2, 0) is 0 Å². The number of aliphatic hydroxyl groups is 1. The molecular weight excluding hydrogens is 387 g/mol. The van der Waals surface area contributed by atoms with E-state index in [1.54, 1.807) is 40.2 Å². The van der Waals surface area contributed by atoms with Crippen molar-refractivity contribution < 1.29 is 9.90 Å². The van der Waals surface area contributed by atoms with Crippen molar-refractivity contribution in [3.05, 3.63) is 64.2 Å². The van der Waals surface area contributed by atoms with Crippen LogP contribution in [0.5, 0.6) is 0 Å². The van der Waals surface area contributed by atoms with Gasteiger partial charge in [-0.25, -0.2) is 0 Å². The normalized spacial score (nSPS) is 16.5. The number of anilines is 1. The number of aryl methyl sites for hydroxylation is 1. The molecule has 1 amide bonds. The van der Waals surface area contributed by atoms with E-state index in [-0.39, 0.29) is 25.1 Å². The molecule has 138 valence electrons. The summed E-state index contributed by atoms with van der Waals surface area (Å²) in [6.45, 7) is 2.03.